The highest BCUT2D eigenvalue weighted by molar-refractivity contribution is 6.17. The van der Waals surface area contributed by atoms with Gasteiger partial charge in [-0.1, -0.05) is 106 Å². The zero-order chi connectivity index (χ0) is 34.3. The van der Waals surface area contributed by atoms with Crippen LogP contribution in [0.4, 0.5) is 0 Å². The van der Waals surface area contributed by atoms with Crippen molar-refractivity contribution in [3.05, 3.63) is 83.6 Å². The van der Waals surface area contributed by atoms with Crippen LogP contribution >= 0.6 is 0 Å². The molecule has 0 saturated carbocycles. The lowest BCUT2D eigenvalue weighted by Crippen LogP contribution is -2.24. The van der Waals surface area contributed by atoms with Crippen molar-refractivity contribution in [3.63, 3.8) is 0 Å². The minimum absolute atomic E-state index is 0.204. The predicted molar refractivity (Wildman–Crippen MR) is 200 cm³/mol. The van der Waals surface area contributed by atoms with E-state index in [9.17, 15) is 0 Å². The van der Waals surface area contributed by atoms with E-state index in [0.717, 1.165) is 74.4 Å². The minimum atomic E-state index is -0.204. The maximum Gasteiger partial charge on any atom is 0.163 e. The molecule has 0 unspecified atom stereocenters. The van der Waals surface area contributed by atoms with E-state index in [-0.39, 0.29) is 16.2 Å². The van der Waals surface area contributed by atoms with Crippen LogP contribution in [0.1, 0.15) is 98.9 Å². The van der Waals surface area contributed by atoms with Crippen molar-refractivity contribution < 1.29 is 4.74 Å². The van der Waals surface area contributed by atoms with E-state index in [2.05, 4.69) is 131 Å². The van der Waals surface area contributed by atoms with Crippen molar-refractivity contribution >= 4 is 32.3 Å². The van der Waals surface area contributed by atoms with Gasteiger partial charge in [-0.05, 0) is 80.9 Å². The molecule has 5 nitrogen and oxygen atoms in total. The van der Waals surface area contributed by atoms with Crippen molar-refractivity contribution in [2.24, 2.45) is 11.3 Å². The van der Waals surface area contributed by atoms with Crippen LogP contribution in [0.2, 0.25) is 0 Å². The highest BCUT2D eigenvalue weighted by Gasteiger charge is 2.29. The summed E-state index contributed by atoms with van der Waals surface area (Å²) in [7, 11) is 0. The number of aromatic nitrogens is 4. The first-order chi connectivity index (χ1) is 22.5. The number of hydrogen-bond acceptors (Lipinski definition) is 5. The van der Waals surface area contributed by atoms with Crippen LogP contribution in [0.5, 0.6) is 11.5 Å². The molecule has 5 heteroatoms. The Morgan fingerprint density at radius 1 is 0.688 bits per heavy atom. The minimum Gasteiger partial charge on any atom is -0.456 e. The van der Waals surface area contributed by atoms with Gasteiger partial charge in [0.05, 0.1) is 11.1 Å². The highest BCUT2D eigenvalue weighted by atomic mass is 16.5. The first-order valence-corrected chi connectivity index (χ1v) is 17.4. The molecule has 6 aromatic rings. The third-order valence-electron chi connectivity index (χ3n) is 9.14. The van der Waals surface area contributed by atoms with Crippen molar-refractivity contribution in [2.45, 2.75) is 99.8 Å². The van der Waals surface area contributed by atoms with E-state index in [4.69, 9.17) is 24.7 Å². The molecule has 0 bridgehead atoms. The summed E-state index contributed by atoms with van der Waals surface area (Å²) in [6.45, 7) is 24.4. The smallest absolute Gasteiger partial charge is 0.163 e. The summed E-state index contributed by atoms with van der Waals surface area (Å²) < 4.78 is 6.96. The Kier molecular flexibility index (Phi) is 7.43. The Balaban J connectivity index is 1.45. The lowest BCUT2D eigenvalue weighted by Gasteiger charge is -2.26. The van der Waals surface area contributed by atoms with Crippen molar-refractivity contribution in [1.29, 1.82) is 0 Å². The Morgan fingerprint density at radius 3 is 2.04 bits per heavy atom. The van der Waals surface area contributed by atoms with Gasteiger partial charge in [0, 0.05) is 33.7 Å². The molecule has 0 atom stereocenters. The van der Waals surface area contributed by atoms with E-state index in [1.807, 2.05) is 6.20 Å². The molecule has 7 rings (SSSR count). The number of rotatable bonds is 4. The molecule has 1 aliphatic heterocycles. The molecular formula is C43H48N4O. The second kappa shape index (κ2) is 11.1. The van der Waals surface area contributed by atoms with Crippen LogP contribution in [-0.4, -0.2) is 19.9 Å². The second-order valence-electron chi connectivity index (χ2n) is 17.4. The average molecular weight is 637 g/mol. The van der Waals surface area contributed by atoms with Crippen molar-refractivity contribution in [2.75, 3.05) is 0 Å². The lowest BCUT2D eigenvalue weighted by atomic mass is 9.85. The van der Waals surface area contributed by atoms with E-state index in [1.54, 1.807) is 0 Å². The molecular weight excluding hydrogens is 589 g/mol. The third-order valence-corrected chi connectivity index (χ3v) is 9.14. The maximum absolute atomic E-state index is 6.96. The monoisotopic (exact) mass is 636 g/mol. The fourth-order valence-electron chi connectivity index (χ4n) is 6.91. The van der Waals surface area contributed by atoms with Gasteiger partial charge in [-0.15, -0.1) is 0 Å². The van der Waals surface area contributed by atoms with Crippen molar-refractivity contribution in [3.8, 4) is 34.1 Å². The SMILES string of the molecule is CC(C)Cc1c2c(cc3cc(CC(C)(C)C)ccc13)-c1nccc3c1c(cc1ccc(-c4nc(C(C)(C)C)nc(C(C)(C)C)n4)cc13)O2. The van der Waals surface area contributed by atoms with Crippen LogP contribution in [0.25, 0.3) is 55.0 Å². The van der Waals surface area contributed by atoms with Crippen molar-refractivity contribution in [1.82, 2.24) is 19.9 Å². The molecule has 0 spiro atoms. The zero-order valence-electron chi connectivity index (χ0n) is 30.5. The number of fused-ring (bicyclic) bond motifs is 5. The van der Waals surface area contributed by atoms with E-state index in [1.165, 1.54) is 21.9 Å². The van der Waals surface area contributed by atoms with E-state index >= 15 is 0 Å². The predicted octanol–water partition coefficient (Wildman–Crippen LogP) is 11.5. The molecule has 0 aliphatic carbocycles. The summed E-state index contributed by atoms with van der Waals surface area (Å²) in [4.78, 5) is 19.9. The molecule has 0 radical (unpaired) electrons. The molecule has 0 saturated heterocycles. The van der Waals surface area contributed by atoms with Gasteiger partial charge in [-0.3, -0.25) is 4.98 Å². The largest absolute Gasteiger partial charge is 0.456 e. The first kappa shape index (κ1) is 32.2. The van der Waals surface area contributed by atoms with Gasteiger partial charge < -0.3 is 4.74 Å². The number of hydrogen-bond donors (Lipinski definition) is 0. The van der Waals surface area contributed by atoms with Gasteiger partial charge in [0.2, 0.25) is 0 Å². The average Bonchev–Trinajstić information content (AvgIpc) is 2.99. The lowest BCUT2D eigenvalue weighted by molar-refractivity contribution is 0.411. The summed E-state index contributed by atoms with van der Waals surface area (Å²) in [6, 6.07) is 20.1. The normalized spacial score (nSPS) is 13.4. The molecule has 1 aliphatic rings. The van der Waals surface area contributed by atoms with Crippen LogP contribution in [0.15, 0.2) is 60.8 Å². The van der Waals surface area contributed by atoms with E-state index < -0.39 is 0 Å². The molecule has 0 N–H and O–H groups in total. The Hall–Kier alpha value is -4.38. The molecule has 246 valence electrons. The first-order valence-electron chi connectivity index (χ1n) is 17.4. The van der Waals surface area contributed by atoms with Crippen LogP contribution in [0, 0.1) is 11.3 Å². The van der Waals surface area contributed by atoms with Crippen LogP contribution < -0.4 is 4.74 Å². The standard InChI is InChI=1S/C43H48N4O/c1-24(2)18-32-29-15-12-25(23-41(3,4)5)19-28(29)21-33-36-35-30(16-17-44-36)31-20-27(14-13-26(31)22-34(35)48-37(32)33)38-45-39(42(6,7)8)47-40(46-38)43(9,10)11/h12-17,19-22,24H,18,23H2,1-11H3. The summed E-state index contributed by atoms with van der Waals surface area (Å²) in [5.41, 5.74) is 5.45. The summed E-state index contributed by atoms with van der Waals surface area (Å²) in [5, 5.41) is 6.93. The summed E-state index contributed by atoms with van der Waals surface area (Å²) in [5.74, 6) is 4.60. The Bertz CT molecular complexity index is 2210. The zero-order valence-corrected chi connectivity index (χ0v) is 30.5. The number of ether oxygens (including phenoxy) is 1. The fraction of sp³-hybridized carbons (Fsp3) is 0.395. The fourth-order valence-corrected chi connectivity index (χ4v) is 6.91. The van der Waals surface area contributed by atoms with Gasteiger partial charge in [0.25, 0.3) is 0 Å². The summed E-state index contributed by atoms with van der Waals surface area (Å²) in [6.07, 6.45) is 3.90. The molecule has 4 aromatic carbocycles. The Morgan fingerprint density at radius 2 is 1.40 bits per heavy atom. The molecule has 2 aromatic heterocycles. The molecule has 3 heterocycles. The summed E-state index contributed by atoms with van der Waals surface area (Å²) >= 11 is 0. The van der Waals surface area contributed by atoms with Crippen LogP contribution in [0.3, 0.4) is 0 Å². The van der Waals surface area contributed by atoms with Gasteiger partial charge >= 0.3 is 0 Å². The molecule has 0 amide bonds. The number of benzene rings is 4. The maximum atomic E-state index is 6.96. The van der Waals surface area contributed by atoms with Gasteiger partial charge in [0.1, 0.15) is 23.1 Å². The highest BCUT2D eigenvalue weighted by Crippen LogP contribution is 2.51. The quantitative estimate of drug-likeness (QED) is 0.180. The topological polar surface area (TPSA) is 60.8 Å². The number of nitrogens with zero attached hydrogens (tertiary/aromatic N) is 4. The van der Waals surface area contributed by atoms with Gasteiger partial charge in [-0.25, -0.2) is 15.0 Å². The third kappa shape index (κ3) is 5.82. The molecule has 48 heavy (non-hydrogen) atoms. The Labute approximate surface area is 285 Å². The van der Waals surface area contributed by atoms with Gasteiger partial charge in [-0.2, -0.15) is 0 Å². The van der Waals surface area contributed by atoms with Crippen LogP contribution in [-0.2, 0) is 23.7 Å². The second-order valence-corrected chi connectivity index (χ2v) is 17.4. The molecule has 0 fully saturated rings. The van der Waals surface area contributed by atoms with E-state index in [0.29, 0.717) is 11.7 Å². The van der Waals surface area contributed by atoms with Gasteiger partial charge in [0.15, 0.2) is 5.82 Å². The number of pyridine rings is 1.